The normalized spacial score (nSPS) is 12.9. The van der Waals surface area contributed by atoms with Gasteiger partial charge in [0.25, 0.3) is 0 Å². The van der Waals surface area contributed by atoms with Crippen molar-refractivity contribution in [3.8, 4) is 0 Å². The fourth-order valence-electron chi connectivity index (χ4n) is 0.532. The van der Waals surface area contributed by atoms with Crippen molar-refractivity contribution in [3.05, 3.63) is 0 Å². The molecule has 0 aromatic rings. The summed E-state index contributed by atoms with van der Waals surface area (Å²) < 4.78 is 11.0. The molecule has 0 aliphatic rings. The summed E-state index contributed by atoms with van der Waals surface area (Å²) in [5.74, 6) is -0.102. The van der Waals surface area contributed by atoms with Crippen LogP contribution in [0.2, 0.25) is 0 Å². The molecule has 66 valence electrons. The predicted octanol–water partition coefficient (Wildman–Crippen LogP) is -0.691. The molecule has 0 aliphatic heterocycles. The van der Waals surface area contributed by atoms with Crippen molar-refractivity contribution in [3.63, 3.8) is 0 Å². The Balaban J connectivity index is 3.60. The van der Waals surface area contributed by atoms with Crippen molar-refractivity contribution in [2.75, 3.05) is 12.0 Å². The first-order valence-corrected chi connectivity index (χ1v) is 6.01. The topological polar surface area (TPSA) is 69.6 Å². The molecule has 4 nitrogen and oxygen atoms in total. The van der Waals surface area contributed by atoms with E-state index >= 15 is 0 Å². The molecule has 0 aromatic heterocycles. The Hall–Kier alpha value is 0.259. The Morgan fingerprint density at radius 2 is 2.45 bits per heavy atom. The Morgan fingerprint density at radius 3 is 2.82 bits per heavy atom. The number of hydrogen-bond acceptors (Lipinski definition) is 4. The van der Waals surface area contributed by atoms with Gasteiger partial charge in [-0.25, -0.2) is 0 Å². The van der Waals surface area contributed by atoms with E-state index in [9.17, 15) is 4.79 Å². The first-order valence-electron chi connectivity index (χ1n) is 3.00. The summed E-state index contributed by atoms with van der Waals surface area (Å²) >= 11 is 0.833. The number of nitrogens with one attached hydrogen (secondary N) is 1. The van der Waals surface area contributed by atoms with Crippen LogP contribution in [-0.4, -0.2) is 48.8 Å². The molecule has 0 aliphatic carbocycles. The number of thioether (sulfide) groups is 1. The van der Waals surface area contributed by atoms with Crippen molar-refractivity contribution < 1.29 is 14.1 Å². The Morgan fingerprint density at radius 1 is 1.82 bits per heavy atom. The molecule has 0 rings (SSSR count). The SMILES string of the molecule is CSCC[C@H](N[Se]O)C(=O)O. The monoisotopic (exact) mass is 245 g/mol. The molecule has 0 saturated heterocycles. The van der Waals surface area contributed by atoms with Gasteiger partial charge in [0.1, 0.15) is 0 Å². The van der Waals surface area contributed by atoms with E-state index in [1.165, 1.54) is 0 Å². The van der Waals surface area contributed by atoms with Crippen LogP contribution in [0.5, 0.6) is 0 Å². The van der Waals surface area contributed by atoms with Gasteiger partial charge in [0, 0.05) is 0 Å². The first-order chi connectivity index (χ1) is 5.22. The van der Waals surface area contributed by atoms with E-state index in [1.54, 1.807) is 11.8 Å². The number of hydrogen-bond donors (Lipinski definition) is 3. The summed E-state index contributed by atoms with van der Waals surface area (Å²) in [6, 6.07) is -0.590. The van der Waals surface area contributed by atoms with Crippen LogP contribution in [0.15, 0.2) is 0 Å². The third-order valence-corrected chi connectivity index (χ3v) is 2.57. The number of aliphatic carboxylic acids is 1. The molecule has 0 amide bonds. The van der Waals surface area contributed by atoms with Crippen molar-refractivity contribution in [1.82, 2.24) is 4.33 Å². The van der Waals surface area contributed by atoms with Gasteiger partial charge in [-0.2, -0.15) is 0 Å². The summed E-state index contributed by atoms with van der Waals surface area (Å²) in [7, 11) is 0. The zero-order valence-corrected chi connectivity index (χ0v) is 8.64. The Kier molecular flexibility index (Phi) is 7.10. The molecule has 0 radical (unpaired) electrons. The van der Waals surface area contributed by atoms with Gasteiger partial charge in [0.15, 0.2) is 0 Å². The number of carboxylic acids is 1. The quantitative estimate of drug-likeness (QED) is 0.539. The minimum absolute atomic E-state index is 0.554. The van der Waals surface area contributed by atoms with E-state index in [0.29, 0.717) is 6.42 Å². The summed E-state index contributed by atoms with van der Waals surface area (Å²) in [5, 5.41) is 8.56. The van der Waals surface area contributed by atoms with E-state index in [2.05, 4.69) is 4.33 Å². The van der Waals surface area contributed by atoms with Crippen molar-refractivity contribution >= 4 is 33.2 Å². The average molecular weight is 244 g/mol. The van der Waals surface area contributed by atoms with Crippen LogP contribution in [0, 0.1) is 0 Å². The van der Waals surface area contributed by atoms with Gasteiger partial charge in [-0.05, 0) is 0 Å². The standard InChI is InChI=1S/C5H11NO3SSe/c1-10-3-2-4(5(7)8)6-11-9/h4,6,9H,2-3H2,1H3,(H,7,8)/t4-/m0/s1. The predicted molar refractivity (Wildman–Crippen MR) is 45.5 cm³/mol. The van der Waals surface area contributed by atoms with E-state index in [1.807, 2.05) is 6.26 Å². The van der Waals surface area contributed by atoms with Gasteiger partial charge in [-0.3, -0.25) is 0 Å². The molecule has 11 heavy (non-hydrogen) atoms. The van der Waals surface area contributed by atoms with Gasteiger partial charge < -0.3 is 0 Å². The number of carboxylic acid groups (broad SMARTS) is 1. The third-order valence-electron chi connectivity index (χ3n) is 1.10. The summed E-state index contributed by atoms with van der Waals surface area (Å²) in [4.78, 5) is 10.4. The maximum absolute atomic E-state index is 10.4. The molecule has 0 bridgehead atoms. The molecule has 0 heterocycles. The summed E-state index contributed by atoms with van der Waals surface area (Å²) in [5.41, 5.74) is 0. The van der Waals surface area contributed by atoms with E-state index in [-0.39, 0.29) is 0 Å². The second-order valence-electron chi connectivity index (χ2n) is 1.88. The molecule has 1 atom stereocenters. The average Bonchev–Trinajstić information content (AvgIpc) is 1.97. The fraction of sp³-hybridized carbons (Fsp3) is 0.800. The van der Waals surface area contributed by atoms with Crippen LogP contribution in [0.4, 0.5) is 0 Å². The van der Waals surface area contributed by atoms with Gasteiger partial charge in [-0.1, -0.05) is 0 Å². The summed E-state index contributed by atoms with van der Waals surface area (Å²) in [6.07, 6.45) is 2.47. The van der Waals surface area contributed by atoms with Crippen molar-refractivity contribution in [1.29, 1.82) is 0 Å². The second kappa shape index (κ2) is 6.94. The fourth-order valence-corrected chi connectivity index (χ4v) is 1.73. The zero-order valence-electron chi connectivity index (χ0n) is 6.11. The molecule has 3 N–H and O–H groups in total. The van der Waals surface area contributed by atoms with E-state index in [0.717, 1.165) is 5.75 Å². The van der Waals surface area contributed by atoms with Crippen LogP contribution in [-0.2, 0) is 4.79 Å². The Bertz CT molecular complexity index is 124. The van der Waals surface area contributed by atoms with Gasteiger partial charge in [-0.15, -0.1) is 0 Å². The molecule has 0 spiro atoms. The van der Waals surface area contributed by atoms with Gasteiger partial charge >= 0.3 is 76.1 Å². The van der Waals surface area contributed by atoms with Crippen LogP contribution >= 0.6 is 11.8 Å². The Labute approximate surface area is 76.4 Å². The first kappa shape index (κ1) is 11.3. The van der Waals surface area contributed by atoms with E-state index in [4.69, 9.17) is 9.30 Å². The molecule has 0 unspecified atom stereocenters. The molecular formula is C5H11NO3SSe. The molecule has 6 heteroatoms. The zero-order chi connectivity index (χ0) is 8.69. The van der Waals surface area contributed by atoms with Crippen molar-refractivity contribution in [2.45, 2.75) is 12.5 Å². The maximum atomic E-state index is 10.4. The second-order valence-corrected chi connectivity index (χ2v) is 3.74. The van der Waals surface area contributed by atoms with Crippen LogP contribution in [0.3, 0.4) is 0 Å². The van der Waals surface area contributed by atoms with Crippen LogP contribution in [0.25, 0.3) is 0 Å². The molecule has 0 fully saturated rings. The summed E-state index contributed by atoms with van der Waals surface area (Å²) in [6.45, 7) is 0. The molecule has 0 saturated carbocycles. The van der Waals surface area contributed by atoms with Crippen LogP contribution < -0.4 is 4.33 Å². The minimum atomic E-state index is -0.894. The molecular weight excluding hydrogens is 233 g/mol. The van der Waals surface area contributed by atoms with Crippen LogP contribution in [0.1, 0.15) is 6.42 Å². The number of rotatable bonds is 6. The molecule has 0 aromatic carbocycles. The van der Waals surface area contributed by atoms with E-state index < -0.39 is 27.5 Å². The van der Waals surface area contributed by atoms with Gasteiger partial charge in [0.05, 0.1) is 0 Å². The number of carbonyl (C=O) groups is 1. The van der Waals surface area contributed by atoms with Crippen molar-refractivity contribution in [2.24, 2.45) is 0 Å². The van der Waals surface area contributed by atoms with Gasteiger partial charge in [0.2, 0.25) is 0 Å². The third kappa shape index (κ3) is 5.52.